The van der Waals surface area contributed by atoms with Gasteiger partial charge in [-0.3, -0.25) is 4.79 Å². The number of nitrogens with one attached hydrogen (secondary N) is 1. The number of anilines is 2. The van der Waals surface area contributed by atoms with E-state index < -0.39 is 0 Å². The molecule has 2 rings (SSSR count). The van der Waals surface area contributed by atoms with Gasteiger partial charge in [-0.15, -0.1) is 0 Å². The molecule has 0 unspecified atom stereocenters. The Morgan fingerprint density at radius 2 is 1.90 bits per heavy atom. The second-order valence-corrected chi connectivity index (χ2v) is 5.37. The summed E-state index contributed by atoms with van der Waals surface area (Å²) in [5, 5.41) is 3.51. The minimum absolute atomic E-state index is 0.0330. The lowest BCUT2D eigenvalue weighted by molar-refractivity contribution is -0.115. The maximum Gasteiger partial charge on any atom is 0.225 e. The van der Waals surface area contributed by atoms with Gasteiger partial charge in [-0.25, -0.2) is 9.97 Å². The van der Waals surface area contributed by atoms with Crippen molar-refractivity contribution in [2.45, 2.75) is 18.5 Å². The number of nitrogen functional groups attached to an aromatic ring is 1. The average molecular weight is 288 g/mol. The lowest BCUT2D eigenvalue weighted by Crippen LogP contribution is -2.12. The van der Waals surface area contributed by atoms with Crippen LogP contribution in [0.25, 0.3) is 0 Å². The second-order valence-electron chi connectivity index (χ2n) is 4.31. The summed E-state index contributed by atoms with van der Waals surface area (Å²) in [4.78, 5) is 20.1. The Morgan fingerprint density at radius 3 is 2.55 bits per heavy atom. The van der Waals surface area contributed by atoms with Crippen LogP contribution >= 0.6 is 11.8 Å². The number of hydrogen-bond acceptors (Lipinski definition) is 5. The van der Waals surface area contributed by atoms with Crippen LogP contribution in [0, 0.1) is 6.92 Å². The third-order valence-corrected chi connectivity index (χ3v) is 3.39. The monoisotopic (exact) mass is 288 g/mol. The summed E-state index contributed by atoms with van der Waals surface area (Å²) in [5.74, 6) is 0.610. The van der Waals surface area contributed by atoms with Gasteiger partial charge in [0.2, 0.25) is 5.91 Å². The van der Waals surface area contributed by atoms with E-state index in [1.165, 1.54) is 11.8 Å². The van der Waals surface area contributed by atoms with E-state index in [1.807, 2.05) is 6.92 Å². The SMILES string of the molecule is Cc1cnc(SCCC(=O)Nc2ccc(N)cc2)nc1. The van der Waals surface area contributed by atoms with E-state index in [9.17, 15) is 4.79 Å². The van der Waals surface area contributed by atoms with Gasteiger partial charge in [0.25, 0.3) is 0 Å². The van der Waals surface area contributed by atoms with Crippen molar-refractivity contribution in [2.75, 3.05) is 16.8 Å². The lowest BCUT2D eigenvalue weighted by Gasteiger charge is -2.05. The first-order valence-electron chi connectivity index (χ1n) is 6.20. The molecule has 1 aromatic heterocycles. The van der Waals surface area contributed by atoms with Crippen LogP contribution in [-0.2, 0) is 4.79 Å². The van der Waals surface area contributed by atoms with Crippen LogP contribution in [0.1, 0.15) is 12.0 Å². The molecule has 0 saturated carbocycles. The normalized spacial score (nSPS) is 10.2. The number of carbonyl (C=O) groups is 1. The number of rotatable bonds is 5. The van der Waals surface area contributed by atoms with E-state index in [2.05, 4.69) is 15.3 Å². The highest BCUT2D eigenvalue weighted by Crippen LogP contribution is 2.14. The predicted octanol–water partition coefficient (Wildman–Crippen LogP) is 2.49. The average Bonchev–Trinajstić information content (AvgIpc) is 2.44. The minimum atomic E-state index is -0.0330. The summed E-state index contributed by atoms with van der Waals surface area (Å²) in [5.41, 5.74) is 8.03. The van der Waals surface area contributed by atoms with Crippen LogP contribution < -0.4 is 11.1 Å². The van der Waals surface area contributed by atoms with Crippen LogP contribution in [0.2, 0.25) is 0 Å². The van der Waals surface area contributed by atoms with Gasteiger partial charge in [-0.1, -0.05) is 11.8 Å². The largest absolute Gasteiger partial charge is 0.399 e. The molecule has 3 N–H and O–H groups in total. The fraction of sp³-hybridized carbons (Fsp3) is 0.214. The van der Waals surface area contributed by atoms with Crippen molar-refractivity contribution in [1.29, 1.82) is 0 Å². The molecule has 1 heterocycles. The zero-order valence-corrected chi connectivity index (χ0v) is 12.0. The number of aromatic nitrogens is 2. The molecular weight excluding hydrogens is 272 g/mol. The summed E-state index contributed by atoms with van der Waals surface area (Å²) in [7, 11) is 0. The molecule has 0 bridgehead atoms. The number of benzene rings is 1. The van der Waals surface area contributed by atoms with E-state index in [0.717, 1.165) is 11.3 Å². The number of thioether (sulfide) groups is 1. The fourth-order valence-electron chi connectivity index (χ4n) is 1.48. The van der Waals surface area contributed by atoms with Gasteiger partial charge < -0.3 is 11.1 Å². The van der Waals surface area contributed by atoms with Gasteiger partial charge >= 0.3 is 0 Å². The Balaban J connectivity index is 1.75. The van der Waals surface area contributed by atoms with Crippen molar-refractivity contribution in [3.63, 3.8) is 0 Å². The molecule has 20 heavy (non-hydrogen) atoms. The highest BCUT2D eigenvalue weighted by molar-refractivity contribution is 7.99. The standard InChI is InChI=1S/C14H16N4OS/c1-10-8-16-14(17-9-10)20-7-6-13(19)18-12-4-2-11(15)3-5-12/h2-5,8-9H,6-7,15H2,1H3,(H,18,19). The summed E-state index contributed by atoms with van der Waals surface area (Å²) >= 11 is 1.47. The van der Waals surface area contributed by atoms with Crippen molar-refractivity contribution < 1.29 is 4.79 Å². The topological polar surface area (TPSA) is 80.9 Å². The number of amides is 1. The maximum atomic E-state index is 11.7. The molecule has 1 aromatic carbocycles. The van der Waals surface area contributed by atoms with Gasteiger partial charge in [0.1, 0.15) is 0 Å². The van der Waals surface area contributed by atoms with Crippen LogP contribution in [0.5, 0.6) is 0 Å². The lowest BCUT2D eigenvalue weighted by atomic mass is 10.3. The zero-order chi connectivity index (χ0) is 14.4. The Morgan fingerprint density at radius 1 is 1.25 bits per heavy atom. The maximum absolute atomic E-state index is 11.7. The number of nitrogens with zero attached hydrogens (tertiary/aromatic N) is 2. The third-order valence-electron chi connectivity index (χ3n) is 2.51. The van der Waals surface area contributed by atoms with Crippen molar-refractivity contribution in [1.82, 2.24) is 9.97 Å². The summed E-state index contributed by atoms with van der Waals surface area (Å²) in [6.07, 6.45) is 3.94. The number of aryl methyl sites for hydroxylation is 1. The van der Waals surface area contributed by atoms with E-state index in [1.54, 1.807) is 36.7 Å². The minimum Gasteiger partial charge on any atom is -0.399 e. The molecule has 0 atom stereocenters. The molecule has 2 aromatic rings. The zero-order valence-electron chi connectivity index (χ0n) is 11.2. The molecule has 0 aliphatic carbocycles. The molecule has 0 aliphatic rings. The van der Waals surface area contributed by atoms with Gasteiger partial charge in [0, 0.05) is 35.9 Å². The smallest absolute Gasteiger partial charge is 0.225 e. The molecule has 0 fully saturated rings. The molecule has 0 saturated heterocycles. The predicted molar refractivity (Wildman–Crippen MR) is 81.6 cm³/mol. The highest BCUT2D eigenvalue weighted by atomic mass is 32.2. The Hall–Kier alpha value is -2.08. The molecule has 104 valence electrons. The third kappa shape index (κ3) is 4.55. The van der Waals surface area contributed by atoms with Crippen molar-refractivity contribution in [3.8, 4) is 0 Å². The van der Waals surface area contributed by atoms with Crippen molar-refractivity contribution in [2.24, 2.45) is 0 Å². The summed E-state index contributed by atoms with van der Waals surface area (Å²) in [6.45, 7) is 1.94. The van der Waals surface area contributed by atoms with E-state index in [0.29, 0.717) is 23.0 Å². The number of hydrogen-bond donors (Lipinski definition) is 2. The molecule has 0 radical (unpaired) electrons. The molecule has 5 nitrogen and oxygen atoms in total. The highest BCUT2D eigenvalue weighted by Gasteiger charge is 2.04. The van der Waals surface area contributed by atoms with Crippen molar-refractivity contribution in [3.05, 3.63) is 42.2 Å². The van der Waals surface area contributed by atoms with Crippen molar-refractivity contribution >= 4 is 29.0 Å². The first-order chi connectivity index (χ1) is 9.63. The van der Waals surface area contributed by atoms with Crippen LogP contribution in [0.3, 0.4) is 0 Å². The van der Waals surface area contributed by atoms with Crippen LogP contribution in [0.15, 0.2) is 41.8 Å². The Bertz CT molecular complexity index is 569. The van der Waals surface area contributed by atoms with Gasteiger partial charge in [-0.05, 0) is 36.8 Å². The summed E-state index contributed by atoms with van der Waals surface area (Å²) in [6, 6.07) is 7.07. The molecule has 6 heteroatoms. The first-order valence-corrected chi connectivity index (χ1v) is 7.19. The summed E-state index contributed by atoms with van der Waals surface area (Å²) < 4.78 is 0. The number of nitrogens with two attached hydrogens (primary N) is 1. The molecule has 1 amide bonds. The first kappa shape index (κ1) is 14.3. The molecule has 0 spiro atoms. The van der Waals surface area contributed by atoms with Crippen LogP contribution in [-0.4, -0.2) is 21.6 Å². The van der Waals surface area contributed by atoms with Crippen LogP contribution in [0.4, 0.5) is 11.4 Å². The van der Waals surface area contributed by atoms with Gasteiger partial charge in [0.15, 0.2) is 5.16 Å². The Labute approximate surface area is 122 Å². The van der Waals surface area contributed by atoms with Gasteiger partial charge in [-0.2, -0.15) is 0 Å². The quantitative estimate of drug-likeness (QED) is 0.502. The second kappa shape index (κ2) is 6.91. The molecular formula is C14H16N4OS. The number of carbonyl (C=O) groups excluding carboxylic acids is 1. The Kier molecular flexibility index (Phi) is 4.95. The van der Waals surface area contributed by atoms with Gasteiger partial charge in [0.05, 0.1) is 0 Å². The van der Waals surface area contributed by atoms with E-state index >= 15 is 0 Å². The van der Waals surface area contributed by atoms with E-state index in [-0.39, 0.29) is 5.91 Å². The molecule has 0 aliphatic heterocycles. The van der Waals surface area contributed by atoms with E-state index in [4.69, 9.17) is 5.73 Å². The fourth-order valence-corrected chi connectivity index (χ4v) is 2.20.